The molecule has 0 aromatic rings. The van der Waals surface area contributed by atoms with Gasteiger partial charge in [0.05, 0.1) is 26.4 Å². The van der Waals surface area contributed by atoms with Crippen LogP contribution in [0.1, 0.15) is 155 Å². The molecule has 67 heavy (non-hydrogen) atoms. The van der Waals surface area contributed by atoms with Gasteiger partial charge in [-0.3, -0.25) is 4.79 Å². The maximum Gasteiger partial charge on any atom is 0.306 e. The molecule has 2 aliphatic rings. The van der Waals surface area contributed by atoms with Crippen molar-refractivity contribution in [3.8, 4) is 0 Å². The lowest BCUT2D eigenvalue weighted by Crippen LogP contribution is -2.61. The molecule has 386 valence electrons. The highest BCUT2D eigenvalue weighted by atomic mass is 16.7. The summed E-state index contributed by atoms with van der Waals surface area (Å²) in [6.45, 7) is 3.46. The molecular formula is C53H90O14. The number of ether oxygens (including phenoxy) is 6. The summed E-state index contributed by atoms with van der Waals surface area (Å²) < 4.78 is 34.2. The van der Waals surface area contributed by atoms with Crippen molar-refractivity contribution < 1.29 is 69.0 Å². The maximum atomic E-state index is 13.0. The number of hydrogen-bond acceptors (Lipinski definition) is 14. The summed E-state index contributed by atoms with van der Waals surface area (Å²) in [4.78, 5) is 13.0. The van der Waals surface area contributed by atoms with Crippen molar-refractivity contribution in [2.75, 3.05) is 33.0 Å². The first-order chi connectivity index (χ1) is 32.6. The van der Waals surface area contributed by atoms with Crippen molar-refractivity contribution >= 4 is 5.97 Å². The number of carbonyl (C=O) groups excluding carboxylic acids is 1. The fourth-order valence-electron chi connectivity index (χ4n) is 7.53. The zero-order chi connectivity index (χ0) is 48.7. The molecule has 0 aromatic heterocycles. The van der Waals surface area contributed by atoms with Gasteiger partial charge in [-0.1, -0.05) is 145 Å². The SMILES string of the molecule is CC/C=C\C/C=C\C/C=C\C/C=C\C/C=C\CCCCCCCCOCC(COC1OC(COC2OC(CO)C(O)C(O)C2O)C(O)C(O)C1O)OC(=O)CCCCCCC/C=C\CCCC. The van der Waals surface area contributed by atoms with E-state index in [2.05, 4.69) is 86.8 Å². The van der Waals surface area contributed by atoms with Crippen LogP contribution in [0.15, 0.2) is 72.9 Å². The molecule has 0 radical (unpaired) electrons. The van der Waals surface area contributed by atoms with Crippen molar-refractivity contribution in [2.45, 2.75) is 223 Å². The van der Waals surface area contributed by atoms with Gasteiger partial charge in [0.25, 0.3) is 0 Å². The summed E-state index contributed by atoms with van der Waals surface area (Å²) in [7, 11) is 0. The van der Waals surface area contributed by atoms with Gasteiger partial charge in [-0.25, -0.2) is 0 Å². The Morgan fingerprint density at radius 2 is 0.970 bits per heavy atom. The summed E-state index contributed by atoms with van der Waals surface area (Å²) in [5, 5.41) is 72.1. The van der Waals surface area contributed by atoms with Crippen molar-refractivity contribution in [1.29, 1.82) is 0 Å². The van der Waals surface area contributed by atoms with Crippen molar-refractivity contribution in [3.63, 3.8) is 0 Å². The fraction of sp³-hybridized carbons (Fsp3) is 0.755. The Bertz CT molecular complexity index is 1380. The van der Waals surface area contributed by atoms with E-state index in [0.717, 1.165) is 109 Å². The third-order valence-corrected chi connectivity index (χ3v) is 11.7. The minimum Gasteiger partial charge on any atom is -0.457 e. The fourth-order valence-corrected chi connectivity index (χ4v) is 7.53. The predicted molar refractivity (Wildman–Crippen MR) is 261 cm³/mol. The number of aliphatic hydroxyl groups is 7. The quantitative estimate of drug-likeness (QED) is 0.0181. The van der Waals surface area contributed by atoms with E-state index in [-0.39, 0.29) is 19.6 Å². The van der Waals surface area contributed by atoms with Crippen molar-refractivity contribution in [3.05, 3.63) is 72.9 Å². The van der Waals surface area contributed by atoms with Crippen LogP contribution in [0, 0.1) is 0 Å². The zero-order valence-corrected chi connectivity index (χ0v) is 40.9. The first-order valence-corrected chi connectivity index (χ1v) is 25.5. The summed E-state index contributed by atoms with van der Waals surface area (Å²) in [6, 6.07) is 0. The molecule has 0 bridgehead atoms. The molecule has 11 unspecified atom stereocenters. The lowest BCUT2D eigenvalue weighted by atomic mass is 9.98. The molecule has 0 spiro atoms. The van der Waals surface area contributed by atoms with E-state index in [1.54, 1.807) is 0 Å². The third-order valence-electron chi connectivity index (χ3n) is 11.7. The number of esters is 1. The summed E-state index contributed by atoms with van der Waals surface area (Å²) in [5.74, 6) is -0.396. The zero-order valence-electron chi connectivity index (χ0n) is 40.9. The Kier molecular flexibility index (Phi) is 36.3. The third kappa shape index (κ3) is 28.0. The molecule has 2 fully saturated rings. The normalized spacial score (nSPS) is 26.7. The number of hydrogen-bond donors (Lipinski definition) is 7. The highest BCUT2D eigenvalue weighted by Gasteiger charge is 2.47. The largest absolute Gasteiger partial charge is 0.457 e. The number of allylic oxidation sites excluding steroid dienone is 12. The van der Waals surface area contributed by atoms with Gasteiger partial charge in [0, 0.05) is 13.0 Å². The van der Waals surface area contributed by atoms with E-state index in [0.29, 0.717) is 13.0 Å². The van der Waals surface area contributed by atoms with Gasteiger partial charge in [-0.05, 0) is 77.0 Å². The van der Waals surface area contributed by atoms with Gasteiger partial charge >= 0.3 is 5.97 Å². The van der Waals surface area contributed by atoms with E-state index in [1.807, 2.05) is 0 Å². The van der Waals surface area contributed by atoms with Crippen LogP contribution in [-0.2, 0) is 33.2 Å². The van der Waals surface area contributed by atoms with E-state index in [4.69, 9.17) is 28.4 Å². The second-order valence-electron chi connectivity index (χ2n) is 17.6. The van der Waals surface area contributed by atoms with Gasteiger partial charge < -0.3 is 64.2 Å². The van der Waals surface area contributed by atoms with Gasteiger partial charge in [0.15, 0.2) is 12.6 Å². The smallest absolute Gasteiger partial charge is 0.306 e. The average molecular weight is 951 g/mol. The van der Waals surface area contributed by atoms with Crippen LogP contribution in [0.2, 0.25) is 0 Å². The van der Waals surface area contributed by atoms with Crippen LogP contribution in [0.5, 0.6) is 0 Å². The Morgan fingerprint density at radius 3 is 1.54 bits per heavy atom. The number of unbranched alkanes of at least 4 members (excludes halogenated alkanes) is 13. The van der Waals surface area contributed by atoms with Gasteiger partial charge in [0.1, 0.15) is 54.9 Å². The van der Waals surface area contributed by atoms with E-state index < -0.39 is 86.7 Å². The summed E-state index contributed by atoms with van der Waals surface area (Å²) >= 11 is 0. The molecular weight excluding hydrogens is 861 g/mol. The van der Waals surface area contributed by atoms with Gasteiger partial charge in [-0.15, -0.1) is 0 Å². The highest BCUT2D eigenvalue weighted by molar-refractivity contribution is 5.69. The first kappa shape index (κ1) is 60.6. The Morgan fingerprint density at radius 1 is 0.507 bits per heavy atom. The second-order valence-corrected chi connectivity index (χ2v) is 17.6. The molecule has 2 rings (SSSR count). The molecule has 2 aliphatic heterocycles. The number of rotatable bonds is 39. The van der Waals surface area contributed by atoms with Crippen molar-refractivity contribution in [2.24, 2.45) is 0 Å². The molecule has 0 aliphatic carbocycles. The lowest BCUT2D eigenvalue weighted by Gasteiger charge is -2.42. The number of carbonyl (C=O) groups is 1. The monoisotopic (exact) mass is 951 g/mol. The Balaban J connectivity index is 1.75. The van der Waals surface area contributed by atoms with E-state index in [9.17, 15) is 40.5 Å². The van der Waals surface area contributed by atoms with Crippen LogP contribution in [-0.4, -0.2) is 142 Å². The van der Waals surface area contributed by atoms with Crippen LogP contribution in [0.25, 0.3) is 0 Å². The topological polar surface area (TPSA) is 214 Å². The van der Waals surface area contributed by atoms with Crippen LogP contribution < -0.4 is 0 Å². The van der Waals surface area contributed by atoms with E-state index in [1.165, 1.54) is 19.3 Å². The molecule has 11 atom stereocenters. The molecule has 0 saturated carbocycles. The lowest BCUT2D eigenvalue weighted by molar-refractivity contribution is -0.332. The van der Waals surface area contributed by atoms with Crippen LogP contribution >= 0.6 is 0 Å². The van der Waals surface area contributed by atoms with Crippen molar-refractivity contribution in [1.82, 2.24) is 0 Å². The predicted octanol–water partition coefficient (Wildman–Crippen LogP) is 7.51. The summed E-state index contributed by atoms with van der Waals surface area (Å²) in [6.07, 6.45) is 32.5. The van der Waals surface area contributed by atoms with Crippen LogP contribution in [0.3, 0.4) is 0 Å². The molecule has 0 aromatic carbocycles. The molecule has 7 N–H and O–H groups in total. The number of aliphatic hydroxyl groups excluding tert-OH is 7. The molecule has 2 heterocycles. The Hall–Kier alpha value is -2.57. The second kappa shape index (κ2) is 40.2. The summed E-state index contributed by atoms with van der Waals surface area (Å²) in [5.41, 5.74) is 0. The minimum absolute atomic E-state index is 0.0441. The molecule has 14 heteroatoms. The Labute approximate surface area is 402 Å². The van der Waals surface area contributed by atoms with E-state index >= 15 is 0 Å². The maximum absolute atomic E-state index is 13.0. The average Bonchev–Trinajstić information content (AvgIpc) is 3.32. The van der Waals surface area contributed by atoms with Gasteiger partial charge in [-0.2, -0.15) is 0 Å². The standard InChI is InChI=1S/C53H90O14/c1-3-5-7-9-11-13-15-16-17-18-19-20-21-22-23-24-25-27-29-31-33-35-37-62-39-42(65-45(55)36-34-32-30-28-26-14-12-10-8-6-4-2)40-63-52-51(61)49(59)47(57)44(67-52)41-64-53-50(60)48(58)46(56)43(38-54)66-53/h5,7,10-13,16-17,19-20,22-23,42-44,46-54,56-61H,3-4,6,8-9,14-15,18,21,24-41H2,1-2H3/b7-5-,12-10-,13-11-,17-16-,20-19-,23-22-. The van der Waals surface area contributed by atoms with Crippen LogP contribution in [0.4, 0.5) is 0 Å². The minimum atomic E-state index is -1.71. The molecule has 0 amide bonds. The first-order valence-electron chi connectivity index (χ1n) is 25.5. The highest BCUT2D eigenvalue weighted by Crippen LogP contribution is 2.26. The van der Waals surface area contributed by atoms with Gasteiger partial charge in [0.2, 0.25) is 0 Å². The molecule has 14 nitrogen and oxygen atoms in total. The molecule has 2 saturated heterocycles.